The summed E-state index contributed by atoms with van der Waals surface area (Å²) in [5, 5.41) is 3.06. The van der Waals surface area contributed by atoms with Gasteiger partial charge in [-0.15, -0.1) is 0 Å². The number of carbonyl (C=O) groups excluding carboxylic acids is 2. The zero-order valence-electron chi connectivity index (χ0n) is 51.7. The molecule has 0 spiro atoms. The molecule has 10 heteroatoms. The van der Waals surface area contributed by atoms with Crippen molar-refractivity contribution < 1.29 is 37.3 Å². The van der Waals surface area contributed by atoms with Crippen LogP contribution in [0.5, 0.6) is 0 Å². The van der Waals surface area contributed by atoms with Gasteiger partial charge >= 0.3 is 13.8 Å². The van der Waals surface area contributed by atoms with E-state index in [9.17, 15) is 19.0 Å². The Hall–Kier alpha value is -2.03. The summed E-state index contributed by atoms with van der Waals surface area (Å²) in [7, 11) is 1.50. The fourth-order valence-electron chi connectivity index (χ4n) is 9.61. The Kier molecular flexibility index (Phi) is 55.7. The van der Waals surface area contributed by atoms with Crippen molar-refractivity contribution in [3.05, 3.63) is 48.6 Å². The smallest absolute Gasteiger partial charge is 0.456 e. The van der Waals surface area contributed by atoms with Crippen LogP contribution in [0.15, 0.2) is 48.6 Å². The molecule has 1 amide bonds. The second-order valence-corrected chi connectivity index (χ2v) is 25.1. The molecular weight excluding hydrogens is 976 g/mol. The lowest BCUT2D eigenvalue weighted by atomic mass is 10.0. The number of hydrogen-bond acceptors (Lipinski definition) is 6. The largest absolute Gasteiger partial charge is 0.472 e. The standard InChI is InChI=1S/C67H127N2O7P/c1-7-10-13-16-19-22-25-27-28-29-30-31-32-33-34-35-36-37-38-39-40-42-44-47-50-53-56-59-66(70)68-64(63-75-77(72,73)74-62-61-69(4,5)6)65(58-55-52-49-46-43-24-21-18-15-12-9-3)76-67(71)60-57-54-51-48-45-41-26-23-20-17-14-11-8-2/h19,22,27-28,41,45,55,58,64-65H,7-18,20-21,23-26,29-40,42-44,46-54,56-57,59-63H2,1-6H3,(H-,68,70,72,73)/p+1/b22-19-,28-27-,45-41-,58-55-. The average molecular weight is 1100 g/mol. The molecule has 0 heterocycles. The third-order valence-electron chi connectivity index (χ3n) is 14.7. The number of esters is 1. The summed E-state index contributed by atoms with van der Waals surface area (Å²) >= 11 is 0. The highest BCUT2D eigenvalue weighted by molar-refractivity contribution is 7.47. The number of nitrogens with one attached hydrogen (secondary N) is 1. The number of rotatable bonds is 60. The lowest BCUT2D eigenvalue weighted by molar-refractivity contribution is -0.870. The van der Waals surface area contributed by atoms with Crippen molar-refractivity contribution in [1.29, 1.82) is 0 Å². The highest BCUT2D eigenvalue weighted by atomic mass is 31.2. The van der Waals surface area contributed by atoms with Crippen LogP contribution in [0.2, 0.25) is 0 Å². The van der Waals surface area contributed by atoms with Crippen LogP contribution in [-0.4, -0.2) is 74.3 Å². The first-order valence-corrected chi connectivity index (χ1v) is 34.5. The van der Waals surface area contributed by atoms with Gasteiger partial charge in [0.15, 0.2) is 0 Å². The number of phosphoric ester groups is 1. The SMILES string of the molecule is CCCCC/C=C\C/C=C\CCCCCCCCCCCCCCCCCCCC(=O)NC(COP(=O)(O)OCC[N+](C)(C)C)C(/C=C\CCCCCCCCCCC)OC(=O)CCCCC/C=C\CCCCCCCC. The summed E-state index contributed by atoms with van der Waals surface area (Å²) in [6.07, 6.45) is 71.3. The van der Waals surface area contributed by atoms with E-state index in [0.717, 1.165) is 77.0 Å². The number of allylic oxidation sites excluding steroid dienone is 7. The van der Waals surface area contributed by atoms with Gasteiger partial charge in [0.2, 0.25) is 5.91 Å². The van der Waals surface area contributed by atoms with Gasteiger partial charge in [-0.05, 0) is 89.5 Å². The minimum Gasteiger partial charge on any atom is -0.456 e. The summed E-state index contributed by atoms with van der Waals surface area (Å²) < 4.78 is 30.7. The van der Waals surface area contributed by atoms with Gasteiger partial charge in [-0.25, -0.2) is 4.57 Å². The summed E-state index contributed by atoms with van der Waals surface area (Å²) in [5.41, 5.74) is 0. The van der Waals surface area contributed by atoms with Gasteiger partial charge in [0.05, 0.1) is 33.8 Å². The van der Waals surface area contributed by atoms with Crippen molar-refractivity contribution in [1.82, 2.24) is 5.32 Å². The number of phosphoric acid groups is 1. The minimum absolute atomic E-state index is 0.0393. The fourth-order valence-corrected chi connectivity index (χ4v) is 10.3. The molecule has 0 radical (unpaired) electrons. The van der Waals surface area contributed by atoms with Gasteiger partial charge in [0, 0.05) is 12.8 Å². The second kappa shape index (κ2) is 57.2. The van der Waals surface area contributed by atoms with Crippen molar-refractivity contribution in [3.8, 4) is 0 Å². The topological polar surface area (TPSA) is 111 Å². The van der Waals surface area contributed by atoms with Gasteiger partial charge in [-0.3, -0.25) is 18.6 Å². The Morgan fingerprint density at radius 2 is 0.792 bits per heavy atom. The summed E-state index contributed by atoms with van der Waals surface area (Å²) in [6.45, 7) is 6.99. The van der Waals surface area contributed by atoms with Crippen LogP contribution < -0.4 is 5.32 Å². The first kappa shape index (κ1) is 75.0. The number of amides is 1. The molecule has 452 valence electrons. The first-order chi connectivity index (χ1) is 37.4. The predicted molar refractivity (Wildman–Crippen MR) is 332 cm³/mol. The van der Waals surface area contributed by atoms with E-state index < -0.39 is 20.0 Å². The maximum absolute atomic E-state index is 13.6. The lowest BCUT2D eigenvalue weighted by Gasteiger charge is -2.27. The molecular formula is C67H128N2O7P+. The summed E-state index contributed by atoms with van der Waals surface area (Å²) in [4.78, 5) is 37.7. The first-order valence-electron chi connectivity index (χ1n) is 33.0. The van der Waals surface area contributed by atoms with E-state index in [4.69, 9.17) is 13.8 Å². The van der Waals surface area contributed by atoms with Crippen LogP contribution in [0.4, 0.5) is 0 Å². The van der Waals surface area contributed by atoms with Gasteiger partial charge in [-0.1, -0.05) is 262 Å². The Balaban J connectivity index is 4.97. The molecule has 0 aromatic carbocycles. The quantitative estimate of drug-likeness (QED) is 0.0205. The van der Waals surface area contributed by atoms with Crippen molar-refractivity contribution >= 4 is 19.7 Å². The van der Waals surface area contributed by atoms with Crippen LogP contribution >= 0.6 is 7.82 Å². The summed E-state index contributed by atoms with van der Waals surface area (Å²) in [6, 6.07) is -0.851. The van der Waals surface area contributed by atoms with Gasteiger partial charge in [0.1, 0.15) is 19.3 Å². The Labute approximate surface area is 478 Å². The van der Waals surface area contributed by atoms with E-state index in [1.165, 1.54) is 205 Å². The lowest BCUT2D eigenvalue weighted by Crippen LogP contribution is -2.47. The molecule has 0 aliphatic heterocycles. The van der Waals surface area contributed by atoms with Crippen molar-refractivity contribution in [3.63, 3.8) is 0 Å². The van der Waals surface area contributed by atoms with Crippen LogP contribution in [0.3, 0.4) is 0 Å². The van der Waals surface area contributed by atoms with Gasteiger partial charge < -0.3 is 19.4 Å². The van der Waals surface area contributed by atoms with E-state index >= 15 is 0 Å². The fraction of sp³-hybridized carbons (Fsp3) is 0.851. The molecule has 3 atom stereocenters. The Bertz CT molecular complexity index is 1460. The average Bonchev–Trinajstić information content (AvgIpc) is 3.39. The van der Waals surface area contributed by atoms with E-state index in [1.807, 2.05) is 33.3 Å². The van der Waals surface area contributed by atoms with E-state index in [-0.39, 0.29) is 31.5 Å². The van der Waals surface area contributed by atoms with Crippen molar-refractivity contribution in [2.75, 3.05) is 40.9 Å². The Morgan fingerprint density at radius 3 is 1.22 bits per heavy atom. The van der Waals surface area contributed by atoms with Crippen LogP contribution in [0, 0.1) is 0 Å². The third-order valence-corrected chi connectivity index (χ3v) is 15.7. The van der Waals surface area contributed by atoms with Gasteiger partial charge in [-0.2, -0.15) is 0 Å². The Morgan fingerprint density at radius 1 is 0.455 bits per heavy atom. The molecule has 0 aliphatic rings. The molecule has 0 aromatic heterocycles. The highest BCUT2D eigenvalue weighted by Gasteiger charge is 2.30. The molecule has 0 bridgehead atoms. The van der Waals surface area contributed by atoms with E-state index in [2.05, 4.69) is 62.5 Å². The molecule has 2 N–H and O–H groups in total. The van der Waals surface area contributed by atoms with Crippen LogP contribution in [-0.2, 0) is 27.9 Å². The zero-order chi connectivity index (χ0) is 56.4. The van der Waals surface area contributed by atoms with Crippen molar-refractivity contribution in [2.45, 2.75) is 328 Å². The van der Waals surface area contributed by atoms with Gasteiger partial charge in [0.25, 0.3) is 0 Å². The number of ether oxygens (including phenoxy) is 1. The van der Waals surface area contributed by atoms with Crippen LogP contribution in [0.1, 0.15) is 316 Å². The summed E-state index contributed by atoms with van der Waals surface area (Å²) in [5.74, 6) is -0.513. The predicted octanol–water partition coefficient (Wildman–Crippen LogP) is 20.5. The van der Waals surface area contributed by atoms with Crippen molar-refractivity contribution in [2.24, 2.45) is 0 Å². The number of likely N-dealkylation sites (N-methyl/N-ethyl adjacent to an activating group) is 1. The third kappa shape index (κ3) is 58.4. The molecule has 9 nitrogen and oxygen atoms in total. The molecule has 0 fully saturated rings. The zero-order valence-corrected chi connectivity index (χ0v) is 52.6. The number of unbranched alkanes of at least 4 members (excludes halogenated alkanes) is 38. The van der Waals surface area contributed by atoms with E-state index in [0.29, 0.717) is 17.4 Å². The normalized spacial score (nSPS) is 13.9. The number of hydrogen-bond donors (Lipinski definition) is 2. The maximum Gasteiger partial charge on any atom is 0.472 e. The van der Waals surface area contributed by atoms with Crippen LogP contribution in [0.25, 0.3) is 0 Å². The molecule has 0 saturated carbocycles. The minimum atomic E-state index is -4.45. The number of carbonyl (C=O) groups is 2. The molecule has 77 heavy (non-hydrogen) atoms. The van der Waals surface area contributed by atoms with E-state index in [1.54, 1.807) is 0 Å². The monoisotopic (exact) mass is 1100 g/mol. The molecule has 0 aromatic rings. The maximum atomic E-state index is 13.6. The molecule has 0 aliphatic carbocycles. The molecule has 0 rings (SSSR count). The molecule has 3 unspecified atom stereocenters. The number of nitrogens with zero attached hydrogens (tertiary/aromatic N) is 1. The molecule has 0 saturated heterocycles. The number of quaternary nitrogens is 1. The second-order valence-electron chi connectivity index (χ2n) is 23.6. The highest BCUT2D eigenvalue weighted by Crippen LogP contribution is 2.43.